The molecular weight excluding hydrogens is 270 g/mol. The van der Waals surface area contributed by atoms with E-state index in [4.69, 9.17) is 11.6 Å². The summed E-state index contributed by atoms with van der Waals surface area (Å²) >= 11 is 5.55. The van der Waals surface area contributed by atoms with E-state index >= 15 is 0 Å². The van der Waals surface area contributed by atoms with Gasteiger partial charge < -0.3 is 0 Å². The number of benzene rings is 1. The molecule has 18 heavy (non-hydrogen) atoms. The quantitative estimate of drug-likeness (QED) is 0.549. The SMILES string of the molecule is Fc1ncc(-c2ccc(C(F)(F)F)cc2)cc1Cl. The number of pyridine rings is 1. The molecule has 2 aromatic rings. The third kappa shape index (κ3) is 2.61. The van der Waals surface area contributed by atoms with Crippen LogP contribution in [0.15, 0.2) is 36.5 Å². The number of nitrogens with zero attached hydrogens (tertiary/aromatic N) is 1. The molecule has 0 saturated heterocycles. The maximum Gasteiger partial charge on any atom is 0.416 e. The van der Waals surface area contributed by atoms with Crippen LogP contribution in [-0.4, -0.2) is 4.98 Å². The minimum atomic E-state index is -4.38. The van der Waals surface area contributed by atoms with Crippen LogP contribution in [0.4, 0.5) is 17.6 Å². The van der Waals surface area contributed by atoms with Crippen LogP contribution in [0, 0.1) is 5.95 Å². The number of rotatable bonds is 1. The molecule has 1 aromatic carbocycles. The van der Waals surface area contributed by atoms with Crippen molar-refractivity contribution in [2.24, 2.45) is 0 Å². The third-order valence-electron chi connectivity index (χ3n) is 2.34. The summed E-state index contributed by atoms with van der Waals surface area (Å²) in [7, 11) is 0. The molecule has 0 unspecified atom stereocenters. The normalized spacial score (nSPS) is 11.6. The van der Waals surface area contributed by atoms with Gasteiger partial charge in [-0.25, -0.2) is 4.98 Å². The highest BCUT2D eigenvalue weighted by atomic mass is 35.5. The van der Waals surface area contributed by atoms with E-state index in [0.717, 1.165) is 12.1 Å². The zero-order valence-electron chi connectivity index (χ0n) is 8.80. The molecule has 94 valence electrons. The van der Waals surface area contributed by atoms with Crippen molar-refractivity contribution in [1.29, 1.82) is 0 Å². The highest BCUT2D eigenvalue weighted by Gasteiger charge is 2.29. The zero-order valence-corrected chi connectivity index (χ0v) is 9.56. The first-order valence-corrected chi connectivity index (χ1v) is 5.24. The van der Waals surface area contributed by atoms with Gasteiger partial charge in [0.25, 0.3) is 0 Å². The van der Waals surface area contributed by atoms with Gasteiger partial charge in [-0.2, -0.15) is 17.6 Å². The number of hydrogen-bond donors (Lipinski definition) is 0. The van der Waals surface area contributed by atoms with Gasteiger partial charge in [-0.05, 0) is 23.8 Å². The minimum absolute atomic E-state index is 0.174. The van der Waals surface area contributed by atoms with Crippen molar-refractivity contribution < 1.29 is 17.6 Å². The largest absolute Gasteiger partial charge is 0.416 e. The molecule has 0 atom stereocenters. The topological polar surface area (TPSA) is 12.9 Å². The second-order valence-corrected chi connectivity index (χ2v) is 3.98. The van der Waals surface area contributed by atoms with Crippen molar-refractivity contribution >= 4 is 11.6 Å². The van der Waals surface area contributed by atoms with Gasteiger partial charge in [-0.15, -0.1) is 0 Å². The summed E-state index contributed by atoms with van der Waals surface area (Å²) in [6.45, 7) is 0. The number of hydrogen-bond acceptors (Lipinski definition) is 1. The van der Waals surface area contributed by atoms with Crippen molar-refractivity contribution in [3.63, 3.8) is 0 Å². The van der Waals surface area contributed by atoms with E-state index in [1.807, 2.05) is 0 Å². The summed E-state index contributed by atoms with van der Waals surface area (Å²) in [5.74, 6) is -0.813. The fraction of sp³-hybridized carbons (Fsp3) is 0.0833. The first kappa shape index (κ1) is 12.8. The lowest BCUT2D eigenvalue weighted by Gasteiger charge is -2.07. The summed E-state index contributed by atoms with van der Waals surface area (Å²) in [5.41, 5.74) is 0.194. The first-order valence-electron chi connectivity index (χ1n) is 4.86. The fourth-order valence-electron chi connectivity index (χ4n) is 1.43. The van der Waals surface area contributed by atoms with E-state index in [1.54, 1.807) is 0 Å². The predicted octanol–water partition coefficient (Wildman–Crippen LogP) is 4.56. The van der Waals surface area contributed by atoms with E-state index < -0.39 is 17.7 Å². The molecule has 0 radical (unpaired) electrons. The van der Waals surface area contributed by atoms with Gasteiger partial charge in [0.2, 0.25) is 5.95 Å². The van der Waals surface area contributed by atoms with Crippen LogP contribution in [0.3, 0.4) is 0 Å². The van der Waals surface area contributed by atoms with Gasteiger partial charge in [0.05, 0.1) is 10.6 Å². The van der Waals surface area contributed by atoms with E-state index in [9.17, 15) is 17.6 Å². The lowest BCUT2D eigenvalue weighted by molar-refractivity contribution is -0.137. The van der Waals surface area contributed by atoms with Gasteiger partial charge in [0.15, 0.2) is 0 Å². The van der Waals surface area contributed by atoms with Crippen molar-refractivity contribution in [2.75, 3.05) is 0 Å². The van der Waals surface area contributed by atoms with Crippen LogP contribution in [0.2, 0.25) is 5.02 Å². The second kappa shape index (κ2) is 4.57. The number of aromatic nitrogens is 1. The molecule has 0 N–H and O–H groups in total. The zero-order chi connectivity index (χ0) is 13.3. The Labute approximate surface area is 105 Å². The predicted molar refractivity (Wildman–Crippen MR) is 59.6 cm³/mol. The van der Waals surface area contributed by atoms with Gasteiger partial charge in [-0.1, -0.05) is 23.7 Å². The van der Waals surface area contributed by atoms with Gasteiger partial charge in [0, 0.05) is 11.8 Å². The molecule has 6 heteroatoms. The van der Waals surface area contributed by atoms with Crippen molar-refractivity contribution in [3.8, 4) is 11.1 Å². The van der Waals surface area contributed by atoms with Crippen LogP contribution in [-0.2, 0) is 6.18 Å². The summed E-state index contributed by atoms with van der Waals surface area (Å²) in [4.78, 5) is 3.41. The minimum Gasteiger partial charge on any atom is -0.226 e. The summed E-state index contributed by atoms with van der Waals surface area (Å²) in [6, 6.07) is 5.79. The monoisotopic (exact) mass is 275 g/mol. The number of halogens is 5. The average molecular weight is 276 g/mol. The lowest BCUT2D eigenvalue weighted by atomic mass is 10.1. The summed E-state index contributed by atoms with van der Waals surface area (Å²) < 4.78 is 49.9. The Hall–Kier alpha value is -1.62. The molecule has 0 bridgehead atoms. The highest BCUT2D eigenvalue weighted by Crippen LogP contribution is 2.31. The van der Waals surface area contributed by atoms with Crippen LogP contribution < -0.4 is 0 Å². The molecule has 0 aliphatic carbocycles. The lowest BCUT2D eigenvalue weighted by Crippen LogP contribution is -2.04. The van der Waals surface area contributed by atoms with Crippen molar-refractivity contribution in [3.05, 3.63) is 53.1 Å². The third-order valence-corrected chi connectivity index (χ3v) is 2.61. The Morgan fingerprint density at radius 1 is 1.00 bits per heavy atom. The molecule has 0 aliphatic rings. The van der Waals surface area contributed by atoms with E-state index in [2.05, 4.69) is 4.98 Å². The molecule has 0 spiro atoms. The molecule has 0 amide bonds. The molecule has 1 heterocycles. The molecule has 0 saturated carbocycles. The molecule has 1 nitrogen and oxygen atoms in total. The molecule has 2 rings (SSSR count). The van der Waals surface area contributed by atoms with Crippen LogP contribution >= 0.6 is 11.6 Å². The first-order chi connectivity index (χ1) is 8.38. The Morgan fingerprint density at radius 3 is 2.11 bits per heavy atom. The van der Waals surface area contributed by atoms with Crippen LogP contribution in [0.25, 0.3) is 11.1 Å². The molecule has 0 fully saturated rings. The van der Waals surface area contributed by atoms with Gasteiger partial charge in [0.1, 0.15) is 0 Å². The summed E-state index contributed by atoms with van der Waals surface area (Å²) in [5, 5.41) is -0.174. The molecular formula is C12H6ClF4N. The Balaban J connectivity index is 2.37. The maximum absolute atomic E-state index is 12.8. The van der Waals surface area contributed by atoms with Gasteiger partial charge >= 0.3 is 6.18 Å². The van der Waals surface area contributed by atoms with Crippen LogP contribution in [0.1, 0.15) is 5.56 Å². The second-order valence-electron chi connectivity index (χ2n) is 3.57. The average Bonchev–Trinajstić information content (AvgIpc) is 2.32. The van der Waals surface area contributed by atoms with Crippen molar-refractivity contribution in [2.45, 2.75) is 6.18 Å². The Kier molecular flexibility index (Phi) is 3.26. The molecule has 1 aromatic heterocycles. The van der Waals surface area contributed by atoms with E-state index in [-0.39, 0.29) is 5.02 Å². The van der Waals surface area contributed by atoms with Crippen molar-refractivity contribution in [1.82, 2.24) is 4.98 Å². The fourth-order valence-corrected chi connectivity index (χ4v) is 1.60. The van der Waals surface area contributed by atoms with E-state index in [1.165, 1.54) is 24.4 Å². The number of alkyl halides is 3. The maximum atomic E-state index is 12.8. The standard InChI is InChI=1S/C12H6ClF4N/c13-10-5-8(6-18-11(10)14)7-1-3-9(4-2-7)12(15,16)17/h1-6H. The Bertz CT molecular complexity index is 563. The smallest absolute Gasteiger partial charge is 0.226 e. The summed E-state index contributed by atoms with van der Waals surface area (Å²) in [6.07, 6.45) is -3.17. The van der Waals surface area contributed by atoms with Crippen LogP contribution in [0.5, 0.6) is 0 Å². The highest BCUT2D eigenvalue weighted by molar-refractivity contribution is 6.30. The van der Waals surface area contributed by atoms with E-state index in [0.29, 0.717) is 11.1 Å². The van der Waals surface area contributed by atoms with Gasteiger partial charge in [-0.3, -0.25) is 0 Å². The Morgan fingerprint density at radius 2 is 1.61 bits per heavy atom. The molecule has 0 aliphatic heterocycles.